The molecule has 1 aromatic carbocycles. The molecule has 0 atom stereocenters. The van der Waals surface area contributed by atoms with Crippen LogP contribution in [-0.4, -0.2) is 51.7 Å². The summed E-state index contributed by atoms with van der Waals surface area (Å²) in [4.78, 5) is 12.6. The van der Waals surface area contributed by atoms with Crippen molar-refractivity contribution in [1.29, 1.82) is 0 Å². The maximum Gasteiger partial charge on any atom is 0.322 e. The molecule has 1 amide bonds. The lowest BCUT2D eigenvalue weighted by Crippen LogP contribution is -2.31. The van der Waals surface area contributed by atoms with E-state index in [1.54, 1.807) is 30.9 Å². The Bertz CT molecular complexity index is 1100. The number of aromatic nitrogens is 4. The fourth-order valence-corrected chi connectivity index (χ4v) is 4.27. The number of hydrogen-bond donors (Lipinski definition) is 1. The number of anilines is 1. The molecule has 0 unspecified atom stereocenters. The first kappa shape index (κ1) is 21.7. The number of nitrogens with zero attached hydrogens (tertiary/aromatic N) is 5. The van der Waals surface area contributed by atoms with Crippen LogP contribution in [0.3, 0.4) is 0 Å². The molecule has 0 aliphatic carbocycles. The molecule has 2 aromatic heterocycles. The predicted molar refractivity (Wildman–Crippen MR) is 110 cm³/mol. The molecule has 3 aromatic rings. The number of unbranched alkanes of at least 4 members (excludes halogenated alkanes) is 1. The molecular formula is C19H24N6O4S. The summed E-state index contributed by atoms with van der Waals surface area (Å²) < 4.78 is 34.0. The van der Waals surface area contributed by atoms with Gasteiger partial charge in [0.05, 0.1) is 4.90 Å². The minimum atomic E-state index is -3.60. The van der Waals surface area contributed by atoms with Gasteiger partial charge < -0.3 is 4.42 Å². The first-order chi connectivity index (χ1) is 14.3. The van der Waals surface area contributed by atoms with Crippen LogP contribution >= 0.6 is 0 Å². The monoisotopic (exact) mass is 432 g/mol. The molecule has 0 saturated heterocycles. The van der Waals surface area contributed by atoms with Gasteiger partial charge in [-0.2, -0.15) is 9.40 Å². The average molecular weight is 433 g/mol. The highest BCUT2D eigenvalue weighted by molar-refractivity contribution is 7.89. The van der Waals surface area contributed by atoms with Gasteiger partial charge in [0.15, 0.2) is 0 Å². The van der Waals surface area contributed by atoms with Crippen LogP contribution in [0.1, 0.15) is 37.0 Å². The second kappa shape index (κ2) is 9.18. The number of amides is 1. The van der Waals surface area contributed by atoms with Crippen LogP contribution < -0.4 is 5.32 Å². The number of benzene rings is 1. The van der Waals surface area contributed by atoms with E-state index >= 15 is 0 Å². The normalized spacial score (nSPS) is 11.7. The minimum Gasteiger partial charge on any atom is -0.401 e. The van der Waals surface area contributed by atoms with E-state index in [-0.39, 0.29) is 22.4 Å². The summed E-state index contributed by atoms with van der Waals surface area (Å²) in [5.41, 5.74) is 0.756. The number of nitrogens with one attached hydrogen (secondary N) is 1. The minimum absolute atomic E-state index is 0.0749. The summed E-state index contributed by atoms with van der Waals surface area (Å²) in [7, 11) is -1.84. The highest BCUT2D eigenvalue weighted by atomic mass is 32.2. The summed E-state index contributed by atoms with van der Waals surface area (Å²) in [6.07, 6.45) is 3.43. The molecule has 0 aliphatic heterocycles. The van der Waals surface area contributed by atoms with Crippen LogP contribution in [0.5, 0.6) is 0 Å². The average Bonchev–Trinajstić information content (AvgIpc) is 3.37. The summed E-state index contributed by atoms with van der Waals surface area (Å²) in [6.45, 7) is 4.67. The van der Waals surface area contributed by atoms with Gasteiger partial charge in [-0.1, -0.05) is 25.4 Å². The molecular weight excluding hydrogens is 408 g/mol. The van der Waals surface area contributed by atoms with Crippen molar-refractivity contribution in [3.63, 3.8) is 0 Å². The number of rotatable bonds is 9. The molecule has 0 bridgehead atoms. The molecule has 0 radical (unpaired) electrons. The third-order valence-electron chi connectivity index (χ3n) is 4.45. The summed E-state index contributed by atoms with van der Waals surface area (Å²) in [6, 6.07) is 7.38. The van der Waals surface area contributed by atoms with Gasteiger partial charge in [0, 0.05) is 31.9 Å². The van der Waals surface area contributed by atoms with Crippen LogP contribution in [0.15, 0.2) is 45.8 Å². The summed E-state index contributed by atoms with van der Waals surface area (Å²) in [5.74, 6) is -0.312. The second-order valence-corrected chi connectivity index (χ2v) is 8.55. The van der Waals surface area contributed by atoms with Gasteiger partial charge in [-0.3, -0.25) is 14.8 Å². The third kappa shape index (κ3) is 4.74. The fourth-order valence-electron chi connectivity index (χ4n) is 2.79. The number of carbonyl (C=O) groups excluding carboxylic acids is 1. The zero-order valence-corrected chi connectivity index (χ0v) is 17.9. The number of carbonyl (C=O) groups is 1. The molecule has 0 saturated carbocycles. The number of aryl methyl sites for hydroxylation is 1. The molecule has 2 heterocycles. The number of sulfonamides is 1. The zero-order valence-electron chi connectivity index (χ0n) is 17.1. The van der Waals surface area contributed by atoms with E-state index in [2.05, 4.69) is 20.6 Å². The predicted octanol–water partition coefficient (Wildman–Crippen LogP) is 2.53. The largest absolute Gasteiger partial charge is 0.401 e. The van der Waals surface area contributed by atoms with Gasteiger partial charge in [-0.25, -0.2) is 8.42 Å². The number of hydrogen-bond acceptors (Lipinski definition) is 7. The Kier molecular flexibility index (Phi) is 6.63. The Hall–Kier alpha value is -3.05. The first-order valence-corrected chi connectivity index (χ1v) is 11.0. The Morgan fingerprint density at radius 3 is 2.50 bits per heavy atom. The maximum atomic E-state index is 12.8. The van der Waals surface area contributed by atoms with Crippen molar-refractivity contribution in [2.45, 2.75) is 31.6 Å². The van der Waals surface area contributed by atoms with Crippen molar-refractivity contribution in [2.75, 3.05) is 18.4 Å². The van der Waals surface area contributed by atoms with E-state index in [1.807, 2.05) is 6.92 Å². The lowest BCUT2D eigenvalue weighted by Gasteiger charge is -2.20. The van der Waals surface area contributed by atoms with Crippen LogP contribution in [0.25, 0.3) is 11.6 Å². The van der Waals surface area contributed by atoms with E-state index in [0.717, 1.165) is 12.8 Å². The van der Waals surface area contributed by atoms with Gasteiger partial charge in [0.25, 0.3) is 11.8 Å². The smallest absolute Gasteiger partial charge is 0.322 e. The van der Waals surface area contributed by atoms with Crippen molar-refractivity contribution in [2.24, 2.45) is 7.05 Å². The Labute approximate surface area is 175 Å². The van der Waals surface area contributed by atoms with E-state index in [9.17, 15) is 13.2 Å². The third-order valence-corrected chi connectivity index (χ3v) is 6.43. The van der Waals surface area contributed by atoms with Gasteiger partial charge >= 0.3 is 6.01 Å². The maximum absolute atomic E-state index is 12.8. The molecule has 30 heavy (non-hydrogen) atoms. The topological polar surface area (TPSA) is 123 Å². The molecule has 1 N–H and O–H groups in total. The highest BCUT2D eigenvalue weighted by Gasteiger charge is 2.23. The van der Waals surface area contributed by atoms with Crippen LogP contribution in [0.4, 0.5) is 6.01 Å². The van der Waals surface area contributed by atoms with E-state index < -0.39 is 15.9 Å². The Morgan fingerprint density at radius 1 is 1.17 bits per heavy atom. The van der Waals surface area contributed by atoms with Gasteiger partial charge in [0.1, 0.15) is 5.69 Å². The van der Waals surface area contributed by atoms with Crippen molar-refractivity contribution in [1.82, 2.24) is 24.3 Å². The highest BCUT2D eigenvalue weighted by Crippen LogP contribution is 2.20. The lowest BCUT2D eigenvalue weighted by atomic mass is 10.2. The molecule has 0 aliphatic rings. The van der Waals surface area contributed by atoms with Crippen molar-refractivity contribution in [3.8, 4) is 11.6 Å². The van der Waals surface area contributed by atoms with E-state index in [1.165, 1.54) is 28.6 Å². The fraction of sp³-hybridized carbons (Fsp3) is 0.368. The summed E-state index contributed by atoms with van der Waals surface area (Å²) >= 11 is 0. The molecule has 10 nitrogen and oxygen atoms in total. The Morgan fingerprint density at radius 2 is 1.90 bits per heavy atom. The first-order valence-electron chi connectivity index (χ1n) is 9.60. The zero-order chi connectivity index (χ0) is 21.7. The molecule has 160 valence electrons. The quantitative estimate of drug-likeness (QED) is 0.551. The van der Waals surface area contributed by atoms with Gasteiger partial charge in [0.2, 0.25) is 10.0 Å². The van der Waals surface area contributed by atoms with Gasteiger partial charge in [-0.15, -0.1) is 5.10 Å². The van der Waals surface area contributed by atoms with Crippen molar-refractivity contribution in [3.05, 3.63) is 42.1 Å². The summed E-state index contributed by atoms with van der Waals surface area (Å²) in [5, 5.41) is 14.3. The van der Waals surface area contributed by atoms with Crippen molar-refractivity contribution >= 4 is 21.9 Å². The second-order valence-electron chi connectivity index (χ2n) is 6.62. The van der Waals surface area contributed by atoms with Gasteiger partial charge in [-0.05, 0) is 36.8 Å². The lowest BCUT2D eigenvalue weighted by molar-refractivity contribution is 0.102. The molecule has 0 fully saturated rings. The van der Waals surface area contributed by atoms with E-state index in [4.69, 9.17) is 4.42 Å². The van der Waals surface area contributed by atoms with Crippen LogP contribution in [0, 0.1) is 0 Å². The molecule has 3 rings (SSSR count). The molecule has 0 spiro atoms. The van der Waals surface area contributed by atoms with Crippen molar-refractivity contribution < 1.29 is 17.6 Å². The standard InChI is InChI=1S/C19H24N6O4S/c1-4-6-12-25(5-2)30(27,28)15-9-7-14(8-10-15)17(26)20-19-22-21-18(29-19)16-11-13-24(3)23-16/h7-11,13H,4-6,12H2,1-3H3,(H,20,22,26). The Balaban J connectivity index is 1.70. The van der Waals surface area contributed by atoms with Crippen LogP contribution in [-0.2, 0) is 17.1 Å². The van der Waals surface area contributed by atoms with Crippen LogP contribution in [0.2, 0.25) is 0 Å². The molecule has 11 heteroatoms. The SMILES string of the molecule is CCCCN(CC)S(=O)(=O)c1ccc(C(=O)Nc2nnc(-c3ccn(C)n3)o2)cc1. The van der Waals surface area contributed by atoms with E-state index in [0.29, 0.717) is 18.8 Å².